The van der Waals surface area contributed by atoms with Gasteiger partial charge in [-0.25, -0.2) is 18.3 Å². The molecule has 1 fully saturated rings. The van der Waals surface area contributed by atoms with Crippen molar-refractivity contribution in [2.45, 2.75) is 37.7 Å². The molecular weight excluding hydrogens is 560 g/mol. The lowest BCUT2D eigenvalue weighted by molar-refractivity contribution is -0.130. The van der Waals surface area contributed by atoms with E-state index in [0.717, 1.165) is 18.3 Å². The highest BCUT2D eigenvalue weighted by Crippen LogP contribution is 2.44. The molecule has 39 heavy (non-hydrogen) atoms. The predicted molar refractivity (Wildman–Crippen MR) is 153 cm³/mol. The molecule has 2 amide bonds. The van der Waals surface area contributed by atoms with Gasteiger partial charge < -0.3 is 4.90 Å². The topological polar surface area (TPSA) is 95.8 Å². The molecule has 0 N–H and O–H groups in total. The van der Waals surface area contributed by atoms with Crippen molar-refractivity contribution in [3.05, 3.63) is 64.3 Å². The molecule has 1 atom stereocenters. The van der Waals surface area contributed by atoms with E-state index in [2.05, 4.69) is 11.8 Å². The van der Waals surface area contributed by atoms with Gasteiger partial charge in [0, 0.05) is 49.6 Å². The molecule has 5 rings (SSSR count). The number of sulfonamides is 1. The van der Waals surface area contributed by atoms with Crippen LogP contribution in [0.1, 0.15) is 19.4 Å². The predicted octanol–water partition coefficient (Wildman–Crippen LogP) is 2.79. The molecule has 2 aromatic carbocycles. The fourth-order valence-corrected chi connectivity index (χ4v) is 7.40. The summed E-state index contributed by atoms with van der Waals surface area (Å²) < 4.78 is 30.8. The van der Waals surface area contributed by atoms with Gasteiger partial charge in [-0.1, -0.05) is 59.8 Å². The van der Waals surface area contributed by atoms with Crippen LogP contribution in [-0.2, 0) is 31.6 Å². The first-order valence-corrected chi connectivity index (χ1v) is 14.9. The van der Waals surface area contributed by atoms with Crippen LogP contribution in [-0.4, -0.2) is 72.4 Å². The first-order chi connectivity index (χ1) is 18.5. The Hall–Kier alpha value is -2.86. The first kappa shape index (κ1) is 27.7. The average Bonchev–Trinajstić information content (AvgIpc) is 3.42. The number of carbonyl (C=O) groups is 2. The van der Waals surface area contributed by atoms with Gasteiger partial charge in [0.15, 0.2) is 12.3 Å². The van der Waals surface area contributed by atoms with Crippen molar-refractivity contribution in [3.63, 3.8) is 0 Å². The lowest BCUT2D eigenvalue weighted by Gasteiger charge is -2.34. The van der Waals surface area contributed by atoms with Crippen LogP contribution in [0.25, 0.3) is 0 Å². The minimum absolute atomic E-state index is 0.0783. The molecule has 1 saturated heterocycles. The number of hydrogen-bond donors (Lipinski definition) is 0. The minimum Gasteiger partial charge on any atom is -0.340 e. The molecule has 204 valence electrons. The van der Waals surface area contributed by atoms with Crippen LogP contribution in [0.3, 0.4) is 0 Å². The van der Waals surface area contributed by atoms with Crippen molar-refractivity contribution in [1.29, 1.82) is 0 Å². The first-order valence-electron chi connectivity index (χ1n) is 12.7. The van der Waals surface area contributed by atoms with E-state index < -0.39 is 15.6 Å². The summed E-state index contributed by atoms with van der Waals surface area (Å²) >= 11 is 12.5. The normalized spacial score (nSPS) is 19.9. The van der Waals surface area contributed by atoms with Crippen LogP contribution in [0.4, 0.5) is 11.6 Å². The maximum absolute atomic E-state index is 14.2. The zero-order valence-corrected chi connectivity index (χ0v) is 24.2. The molecule has 3 heterocycles. The Morgan fingerprint density at radius 3 is 2.23 bits per heavy atom. The summed E-state index contributed by atoms with van der Waals surface area (Å²) in [5.74, 6) is -0.270. The number of aromatic nitrogens is 2. The van der Waals surface area contributed by atoms with E-state index in [-0.39, 0.29) is 42.3 Å². The molecule has 0 bridgehead atoms. The number of benzene rings is 2. The highest BCUT2D eigenvalue weighted by Gasteiger charge is 2.52. The Bertz CT molecular complexity index is 1530. The third kappa shape index (κ3) is 4.86. The average molecular weight is 588 g/mol. The molecule has 9 nitrogen and oxygen atoms in total. The SMILES string of the molecule is CBc1ccc(C[C@]2(C)C(=O)N(c3cc(Cl)cc(Cl)c3)c3ncc(S(=O)(=O)N4CCN(C(C)=O)CC4)n32)cc1. The van der Waals surface area contributed by atoms with E-state index in [9.17, 15) is 18.0 Å². The summed E-state index contributed by atoms with van der Waals surface area (Å²) in [7, 11) is -3.17. The molecule has 2 aliphatic rings. The molecule has 0 radical (unpaired) electrons. The molecule has 0 saturated carbocycles. The van der Waals surface area contributed by atoms with Gasteiger partial charge in [-0.2, -0.15) is 4.31 Å². The van der Waals surface area contributed by atoms with Crippen molar-refractivity contribution < 1.29 is 18.0 Å². The Balaban J connectivity index is 1.62. The Labute approximate surface area is 238 Å². The summed E-state index contributed by atoms with van der Waals surface area (Å²) in [6, 6.07) is 12.7. The van der Waals surface area contributed by atoms with Crippen molar-refractivity contribution in [1.82, 2.24) is 18.8 Å². The maximum Gasteiger partial charge on any atom is 0.260 e. The number of anilines is 2. The second kappa shape index (κ2) is 10.3. The quantitative estimate of drug-likeness (QED) is 0.413. The van der Waals surface area contributed by atoms with Gasteiger partial charge in [0.05, 0.1) is 11.9 Å². The van der Waals surface area contributed by atoms with Crippen LogP contribution in [0.2, 0.25) is 16.9 Å². The molecule has 0 unspecified atom stereocenters. The summed E-state index contributed by atoms with van der Waals surface area (Å²) in [5.41, 5.74) is 1.13. The van der Waals surface area contributed by atoms with Crippen LogP contribution in [0.5, 0.6) is 0 Å². The van der Waals surface area contributed by atoms with Crippen LogP contribution in [0.15, 0.2) is 53.7 Å². The van der Waals surface area contributed by atoms with E-state index in [0.29, 0.717) is 28.8 Å². The lowest BCUT2D eigenvalue weighted by atomic mass is 9.73. The number of carbonyl (C=O) groups excluding carboxylic acids is 2. The zero-order valence-electron chi connectivity index (χ0n) is 21.9. The molecule has 2 aliphatic heterocycles. The number of fused-ring (bicyclic) bond motifs is 1. The Morgan fingerprint density at radius 2 is 1.67 bits per heavy atom. The van der Waals surface area contributed by atoms with Gasteiger partial charge in [-0.15, -0.1) is 0 Å². The fraction of sp³-hybridized carbons (Fsp3) is 0.346. The molecule has 13 heteroatoms. The fourth-order valence-electron chi connectivity index (χ4n) is 5.28. The molecular formula is C26H28BCl2N5O4S. The number of rotatable bonds is 6. The van der Waals surface area contributed by atoms with Gasteiger partial charge in [-0.3, -0.25) is 14.2 Å². The van der Waals surface area contributed by atoms with E-state index >= 15 is 0 Å². The molecule has 1 aromatic heterocycles. The van der Waals surface area contributed by atoms with Gasteiger partial charge in [0.2, 0.25) is 11.9 Å². The van der Waals surface area contributed by atoms with Gasteiger partial charge in [-0.05, 0) is 30.7 Å². The van der Waals surface area contributed by atoms with Crippen LogP contribution in [0, 0.1) is 0 Å². The standard InChI is InChI=1S/C26H28BCl2N5O4S/c1-17(35)31-8-10-32(11-9-31)39(37,38)23-16-30-25-33(22-13-20(28)12-21(29)14-22)24(36)26(2,34(23)25)15-18-4-6-19(27-3)7-5-18/h4-7,12-14,16,27H,8-11,15H2,1-3H3/t26-/m1/s1. The van der Waals surface area contributed by atoms with Crippen molar-refractivity contribution in [3.8, 4) is 0 Å². The van der Waals surface area contributed by atoms with E-state index in [1.54, 1.807) is 30.0 Å². The third-order valence-electron chi connectivity index (χ3n) is 7.44. The number of piperazine rings is 1. The number of amides is 2. The Morgan fingerprint density at radius 1 is 1.05 bits per heavy atom. The maximum atomic E-state index is 14.2. The van der Waals surface area contributed by atoms with Crippen molar-refractivity contribution in [2.75, 3.05) is 31.1 Å². The molecule has 3 aromatic rings. The second-order valence-electron chi connectivity index (χ2n) is 10.0. The number of halogens is 2. The van der Waals surface area contributed by atoms with Crippen LogP contribution < -0.4 is 10.4 Å². The number of hydrogen-bond acceptors (Lipinski definition) is 5. The second-order valence-corrected chi connectivity index (χ2v) is 12.8. The number of imidazole rings is 1. The minimum atomic E-state index is -4.05. The summed E-state index contributed by atoms with van der Waals surface area (Å²) in [5, 5.41) is 0.595. The van der Waals surface area contributed by atoms with E-state index in [1.165, 1.54) is 26.9 Å². The smallest absolute Gasteiger partial charge is 0.260 e. The zero-order chi connectivity index (χ0) is 28.1. The van der Waals surface area contributed by atoms with Gasteiger partial charge in [0.25, 0.3) is 15.9 Å². The summed E-state index contributed by atoms with van der Waals surface area (Å²) in [6.07, 6.45) is 1.54. The van der Waals surface area contributed by atoms with Gasteiger partial charge in [0.1, 0.15) is 5.54 Å². The monoisotopic (exact) mass is 587 g/mol. The van der Waals surface area contributed by atoms with E-state index in [4.69, 9.17) is 23.2 Å². The van der Waals surface area contributed by atoms with Gasteiger partial charge >= 0.3 is 0 Å². The highest BCUT2D eigenvalue weighted by atomic mass is 35.5. The lowest BCUT2D eigenvalue weighted by Crippen LogP contribution is -2.50. The largest absolute Gasteiger partial charge is 0.340 e. The van der Waals surface area contributed by atoms with Crippen molar-refractivity contribution in [2.24, 2.45) is 0 Å². The Kier molecular flexibility index (Phi) is 7.30. The number of nitrogens with zero attached hydrogens (tertiary/aromatic N) is 5. The third-order valence-corrected chi connectivity index (χ3v) is 9.74. The highest BCUT2D eigenvalue weighted by molar-refractivity contribution is 7.89. The van der Waals surface area contributed by atoms with E-state index in [1.807, 2.05) is 24.3 Å². The summed E-state index contributed by atoms with van der Waals surface area (Å²) in [6.45, 7) is 6.15. The molecule has 0 spiro atoms. The molecule has 0 aliphatic carbocycles. The summed E-state index contributed by atoms with van der Waals surface area (Å²) in [4.78, 5) is 33.4. The van der Waals surface area contributed by atoms with Crippen LogP contribution >= 0.6 is 23.2 Å². The van der Waals surface area contributed by atoms with Crippen molar-refractivity contribution >= 4 is 69.4 Å².